The fraction of sp³-hybridized carbons (Fsp3) is 0.435. The largest absolute Gasteiger partial charge is 0.486 e. The molecule has 1 amide bonds. The van der Waals surface area contributed by atoms with E-state index >= 15 is 0 Å². The second-order valence-electron chi connectivity index (χ2n) is 8.19. The van der Waals surface area contributed by atoms with Crippen LogP contribution in [0.5, 0.6) is 11.5 Å². The second kappa shape index (κ2) is 8.16. The summed E-state index contributed by atoms with van der Waals surface area (Å²) in [6.45, 7) is 2.15. The number of aryl methyl sites for hydroxylation is 2. The number of nitrogens with zero attached hydrogens (tertiary/aromatic N) is 2. The molecule has 8 heteroatoms. The standard InChI is InChI=1S/C23H26N2O5S/c26-23(19-6-5-17-3-1-2-4-18(17)15-19)24-9-11-25(12-10-24)31(27,28)20-7-8-21-22(16-20)30-14-13-29-21/h5-8,15-16H,1-4,9-14H2. The molecule has 31 heavy (non-hydrogen) atoms. The highest BCUT2D eigenvalue weighted by molar-refractivity contribution is 7.89. The Morgan fingerprint density at radius 1 is 0.806 bits per heavy atom. The summed E-state index contributed by atoms with van der Waals surface area (Å²) >= 11 is 0. The third-order valence-corrected chi connectivity index (χ3v) is 8.17. The van der Waals surface area contributed by atoms with Gasteiger partial charge in [-0.3, -0.25) is 4.79 Å². The molecular weight excluding hydrogens is 416 g/mol. The van der Waals surface area contributed by atoms with Crippen LogP contribution < -0.4 is 9.47 Å². The van der Waals surface area contributed by atoms with Crippen molar-refractivity contribution in [2.45, 2.75) is 30.6 Å². The van der Waals surface area contributed by atoms with Gasteiger partial charge in [-0.1, -0.05) is 6.07 Å². The molecule has 0 radical (unpaired) electrons. The Kier molecular flexibility index (Phi) is 5.35. The molecule has 1 aliphatic carbocycles. The minimum Gasteiger partial charge on any atom is -0.486 e. The summed E-state index contributed by atoms with van der Waals surface area (Å²) in [6, 6.07) is 10.7. The van der Waals surface area contributed by atoms with E-state index in [4.69, 9.17) is 9.47 Å². The lowest BCUT2D eigenvalue weighted by Gasteiger charge is -2.34. The predicted molar refractivity (Wildman–Crippen MR) is 115 cm³/mol. The first-order chi connectivity index (χ1) is 15.0. The van der Waals surface area contributed by atoms with E-state index in [9.17, 15) is 13.2 Å². The zero-order chi connectivity index (χ0) is 21.4. The summed E-state index contributed by atoms with van der Waals surface area (Å²) in [5, 5.41) is 0. The fourth-order valence-electron chi connectivity index (χ4n) is 4.51. The number of benzene rings is 2. The lowest BCUT2D eigenvalue weighted by Crippen LogP contribution is -2.50. The van der Waals surface area contributed by atoms with Crippen LogP contribution in [-0.4, -0.2) is 62.9 Å². The maximum atomic E-state index is 13.1. The third-order valence-electron chi connectivity index (χ3n) is 6.27. The van der Waals surface area contributed by atoms with E-state index in [2.05, 4.69) is 6.07 Å². The number of piperazine rings is 1. The third kappa shape index (κ3) is 3.90. The molecule has 1 fully saturated rings. The van der Waals surface area contributed by atoms with Gasteiger partial charge in [0.15, 0.2) is 11.5 Å². The van der Waals surface area contributed by atoms with Crippen LogP contribution in [0, 0.1) is 0 Å². The number of amides is 1. The quantitative estimate of drug-likeness (QED) is 0.730. The smallest absolute Gasteiger partial charge is 0.253 e. The number of hydrogen-bond acceptors (Lipinski definition) is 5. The van der Waals surface area contributed by atoms with Crippen molar-refractivity contribution in [3.05, 3.63) is 53.1 Å². The Balaban J connectivity index is 1.27. The summed E-state index contributed by atoms with van der Waals surface area (Å²) < 4.78 is 38.7. The predicted octanol–water partition coefficient (Wildman–Crippen LogP) is 2.48. The van der Waals surface area contributed by atoms with E-state index in [-0.39, 0.29) is 23.9 Å². The van der Waals surface area contributed by atoms with Crippen LogP contribution >= 0.6 is 0 Å². The van der Waals surface area contributed by atoms with E-state index in [1.807, 2.05) is 12.1 Å². The summed E-state index contributed by atoms with van der Waals surface area (Å²) in [6.07, 6.45) is 4.49. The molecule has 0 saturated carbocycles. The van der Waals surface area contributed by atoms with Crippen LogP contribution in [0.4, 0.5) is 0 Å². The number of ether oxygens (including phenoxy) is 2. The molecule has 7 nitrogen and oxygen atoms in total. The van der Waals surface area contributed by atoms with Gasteiger partial charge in [0.2, 0.25) is 10.0 Å². The lowest BCUT2D eigenvalue weighted by atomic mass is 9.90. The summed E-state index contributed by atoms with van der Waals surface area (Å²) in [5.41, 5.74) is 3.32. The molecule has 0 spiro atoms. The molecule has 5 rings (SSSR count). The van der Waals surface area contributed by atoms with E-state index in [1.54, 1.807) is 17.0 Å². The number of sulfonamides is 1. The maximum Gasteiger partial charge on any atom is 0.253 e. The topological polar surface area (TPSA) is 76.2 Å². The zero-order valence-corrected chi connectivity index (χ0v) is 18.2. The Hall–Kier alpha value is -2.58. The van der Waals surface area contributed by atoms with Crippen molar-refractivity contribution in [3.63, 3.8) is 0 Å². The Morgan fingerprint density at radius 3 is 2.29 bits per heavy atom. The monoisotopic (exact) mass is 442 g/mol. The lowest BCUT2D eigenvalue weighted by molar-refractivity contribution is 0.0697. The van der Waals surface area contributed by atoms with Gasteiger partial charge in [-0.15, -0.1) is 0 Å². The number of fused-ring (bicyclic) bond motifs is 2. The highest BCUT2D eigenvalue weighted by atomic mass is 32.2. The molecule has 2 aromatic rings. The average molecular weight is 443 g/mol. The number of hydrogen-bond donors (Lipinski definition) is 0. The van der Waals surface area contributed by atoms with Gasteiger partial charge in [0, 0.05) is 37.8 Å². The minimum atomic E-state index is -3.66. The maximum absolute atomic E-state index is 13.1. The molecule has 0 unspecified atom stereocenters. The van der Waals surface area contributed by atoms with Gasteiger partial charge < -0.3 is 14.4 Å². The van der Waals surface area contributed by atoms with Crippen LogP contribution in [0.3, 0.4) is 0 Å². The molecule has 2 aromatic carbocycles. The molecule has 0 atom stereocenters. The number of rotatable bonds is 3. The van der Waals surface area contributed by atoms with Crippen molar-refractivity contribution < 1.29 is 22.7 Å². The second-order valence-corrected chi connectivity index (χ2v) is 10.1. The molecule has 2 aliphatic heterocycles. The van der Waals surface area contributed by atoms with Crippen LogP contribution in [0.15, 0.2) is 41.3 Å². The Bertz CT molecular complexity index is 1110. The van der Waals surface area contributed by atoms with Gasteiger partial charge in [0.05, 0.1) is 4.90 Å². The van der Waals surface area contributed by atoms with E-state index in [0.29, 0.717) is 43.4 Å². The van der Waals surface area contributed by atoms with Crippen LogP contribution in [0.25, 0.3) is 0 Å². The van der Waals surface area contributed by atoms with Crippen molar-refractivity contribution >= 4 is 15.9 Å². The molecular formula is C23H26N2O5S. The van der Waals surface area contributed by atoms with Crippen molar-refractivity contribution in [1.82, 2.24) is 9.21 Å². The van der Waals surface area contributed by atoms with Crippen molar-refractivity contribution in [1.29, 1.82) is 0 Å². The van der Waals surface area contributed by atoms with E-state index in [0.717, 1.165) is 12.8 Å². The number of carbonyl (C=O) groups is 1. The van der Waals surface area contributed by atoms with Gasteiger partial charge in [0.25, 0.3) is 5.91 Å². The number of carbonyl (C=O) groups excluding carboxylic acids is 1. The van der Waals surface area contributed by atoms with E-state index < -0.39 is 10.0 Å². The normalized spacial score (nSPS) is 19.0. The molecule has 1 saturated heterocycles. The van der Waals surface area contributed by atoms with Gasteiger partial charge in [0.1, 0.15) is 13.2 Å². The van der Waals surface area contributed by atoms with Gasteiger partial charge in [-0.25, -0.2) is 8.42 Å². The van der Waals surface area contributed by atoms with Gasteiger partial charge >= 0.3 is 0 Å². The molecule has 0 aromatic heterocycles. The van der Waals surface area contributed by atoms with Crippen LogP contribution in [0.1, 0.15) is 34.3 Å². The highest BCUT2D eigenvalue weighted by Gasteiger charge is 2.31. The SMILES string of the molecule is O=C(c1ccc2c(c1)CCCC2)N1CCN(S(=O)(=O)c2ccc3c(c2)OCCO3)CC1. The molecule has 164 valence electrons. The molecule has 0 bridgehead atoms. The fourth-order valence-corrected chi connectivity index (χ4v) is 5.95. The molecule has 2 heterocycles. The summed E-state index contributed by atoms with van der Waals surface area (Å²) in [5.74, 6) is 0.990. The first-order valence-corrected chi connectivity index (χ1v) is 12.3. The summed E-state index contributed by atoms with van der Waals surface area (Å²) in [4.78, 5) is 14.9. The summed E-state index contributed by atoms with van der Waals surface area (Å²) in [7, 11) is -3.66. The molecule has 0 N–H and O–H groups in total. The Morgan fingerprint density at radius 2 is 1.52 bits per heavy atom. The van der Waals surface area contributed by atoms with Crippen molar-refractivity contribution in [2.24, 2.45) is 0 Å². The Labute approximate surface area is 182 Å². The molecule has 3 aliphatic rings. The highest BCUT2D eigenvalue weighted by Crippen LogP contribution is 2.33. The van der Waals surface area contributed by atoms with Gasteiger partial charge in [-0.05, 0) is 61.1 Å². The first-order valence-electron chi connectivity index (χ1n) is 10.8. The minimum absolute atomic E-state index is 0.0234. The average Bonchev–Trinajstić information content (AvgIpc) is 2.83. The van der Waals surface area contributed by atoms with E-state index in [1.165, 1.54) is 34.3 Å². The van der Waals surface area contributed by atoms with Gasteiger partial charge in [-0.2, -0.15) is 4.31 Å². The zero-order valence-electron chi connectivity index (χ0n) is 17.4. The van der Waals surface area contributed by atoms with Crippen molar-refractivity contribution in [2.75, 3.05) is 39.4 Å². The van der Waals surface area contributed by atoms with Crippen LogP contribution in [0.2, 0.25) is 0 Å². The van der Waals surface area contributed by atoms with Crippen molar-refractivity contribution in [3.8, 4) is 11.5 Å². The first kappa shape index (κ1) is 20.3. The van der Waals surface area contributed by atoms with Crippen LogP contribution in [-0.2, 0) is 22.9 Å².